The average Bonchev–Trinajstić information content (AvgIpc) is 2.90. The van der Waals surface area contributed by atoms with E-state index in [1.165, 1.54) is 30.7 Å². The Morgan fingerprint density at radius 3 is 2.76 bits per heavy atom. The Balaban J connectivity index is 1.86. The molecule has 0 bridgehead atoms. The van der Waals surface area contributed by atoms with E-state index in [0.717, 1.165) is 11.8 Å². The topological polar surface area (TPSA) is 12.0 Å². The van der Waals surface area contributed by atoms with Gasteiger partial charge < -0.3 is 5.32 Å². The van der Waals surface area contributed by atoms with Gasteiger partial charge in [0.25, 0.3) is 0 Å². The van der Waals surface area contributed by atoms with E-state index in [2.05, 4.69) is 43.6 Å². The highest BCUT2D eigenvalue weighted by Crippen LogP contribution is 2.31. The molecule has 1 nitrogen and oxygen atoms in total. The van der Waals surface area contributed by atoms with Crippen LogP contribution in [0.1, 0.15) is 51.0 Å². The first-order valence-corrected chi connectivity index (χ1v) is 7.81. The summed E-state index contributed by atoms with van der Waals surface area (Å²) in [5.41, 5.74) is 0. The maximum absolute atomic E-state index is 3.79. The number of hydrogen-bond acceptors (Lipinski definition) is 2. The van der Waals surface area contributed by atoms with Crippen molar-refractivity contribution in [1.82, 2.24) is 5.32 Å². The van der Waals surface area contributed by atoms with Crippen molar-refractivity contribution in [2.45, 2.75) is 46.1 Å². The Morgan fingerprint density at radius 1 is 1.41 bits per heavy atom. The summed E-state index contributed by atoms with van der Waals surface area (Å²) >= 11 is 1.88. The first-order valence-electron chi connectivity index (χ1n) is 6.93. The Morgan fingerprint density at radius 2 is 2.24 bits per heavy atom. The quantitative estimate of drug-likeness (QED) is 0.814. The molecule has 0 spiro atoms. The van der Waals surface area contributed by atoms with Gasteiger partial charge in [-0.25, -0.2) is 0 Å². The van der Waals surface area contributed by atoms with Crippen molar-refractivity contribution in [3.8, 4) is 0 Å². The molecule has 1 aliphatic rings. The predicted octanol–water partition coefficient (Wildman–Crippen LogP) is 4.47. The zero-order chi connectivity index (χ0) is 12.3. The van der Waals surface area contributed by atoms with Crippen LogP contribution < -0.4 is 5.32 Å². The van der Waals surface area contributed by atoms with Gasteiger partial charge in [-0.1, -0.05) is 33.3 Å². The molecule has 1 heterocycles. The number of hydrogen-bond donors (Lipinski definition) is 1. The summed E-state index contributed by atoms with van der Waals surface area (Å²) in [5.74, 6) is 2.53. The number of thiophene rings is 1. The molecule has 1 N–H and O–H groups in total. The third kappa shape index (κ3) is 3.56. The van der Waals surface area contributed by atoms with Gasteiger partial charge in [-0.15, -0.1) is 11.3 Å². The standard InChI is InChI=1S/C15H25NS/c1-11(2)15(14-5-4-8-17-14)16-10-13-7-6-12(3)9-13/h4-5,8,11-13,15-16H,6-7,9-10H2,1-3H3. The van der Waals surface area contributed by atoms with Gasteiger partial charge in [0.15, 0.2) is 0 Å². The van der Waals surface area contributed by atoms with Crippen LogP contribution in [0.15, 0.2) is 17.5 Å². The molecule has 1 aromatic heterocycles. The Hall–Kier alpha value is -0.340. The Bertz CT molecular complexity index is 318. The third-order valence-corrected chi connectivity index (χ3v) is 4.90. The van der Waals surface area contributed by atoms with E-state index < -0.39 is 0 Å². The highest BCUT2D eigenvalue weighted by atomic mass is 32.1. The minimum Gasteiger partial charge on any atom is -0.309 e. The SMILES string of the molecule is CC1CCC(CNC(c2cccs2)C(C)C)C1. The highest BCUT2D eigenvalue weighted by Gasteiger charge is 2.23. The normalized spacial score (nSPS) is 26.6. The monoisotopic (exact) mass is 251 g/mol. The first kappa shape index (κ1) is 13.1. The van der Waals surface area contributed by atoms with Crippen LogP contribution in [-0.2, 0) is 0 Å². The lowest BCUT2D eigenvalue weighted by atomic mass is 10.0. The molecule has 0 radical (unpaired) electrons. The van der Waals surface area contributed by atoms with Gasteiger partial charge in [0.2, 0.25) is 0 Å². The molecule has 1 aromatic rings. The summed E-state index contributed by atoms with van der Waals surface area (Å²) in [4.78, 5) is 1.49. The zero-order valence-corrected chi connectivity index (χ0v) is 12.1. The first-order chi connectivity index (χ1) is 8.16. The van der Waals surface area contributed by atoms with E-state index >= 15 is 0 Å². The second-order valence-corrected chi connectivity index (χ2v) is 6.91. The van der Waals surface area contributed by atoms with Crippen LogP contribution in [0.3, 0.4) is 0 Å². The van der Waals surface area contributed by atoms with Gasteiger partial charge in [0, 0.05) is 10.9 Å². The van der Waals surface area contributed by atoms with E-state index in [-0.39, 0.29) is 0 Å². The lowest BCUT2D eigenvalue weighted by Crippen LogP contribution is -2.29. The van der Waals surface area contributed by atoms with E-state index in [4.69, 9.17) is 0 Å². The largest absolute Gasteiger partial charge is 0.309 e. The fraction of sp³-hybridized carbons (Fsp3) is 0.733. The van der Waals surface area contributed by atoms with Crippen molar-refractivity contribution < 1.29 is 0 Å². The van der Waals surface area contributed by atoms with Crippen molar-refractivity contribution in [1.29, 1.82) is 0 Å². The maximum atomic E-state index is 3.79. The molecule has 3 unspecified atom stereocenters. The molecule has 2 rings (SSSR count). The molecule has 1 aliphatic carbocycles. The fourth-order valence-electron chi connectivity index (χ4n) is 2.94. The summed E-state index contributed by atoms with van der Waals surface area (Å²) in [6, 6.07) is 4.97. The summed E-state index contributed by atoms with van der Waals surface area (Å²) < 4.78 is 0. The van der Waals surface area contributed by atoms with Gasteiger partial charge in [-0.3, -0.25) is 0 Å². The fourth-order valence-corrected chi connectivity index (χ4v) is 3.91. The maximum Gasteiger partial charge on any atom is 0.0438 e. The Kier molecular flexibility index (Phi) is 4.63. The van der Waals surface area contributed by atoms with E-state index in [0.29, 0.717) is 12.0 Å². The van der Waals surface area contributed by atoms with Crippen LogP contribution in [0.4, 0.5) is 0 Å². The van der Waals surface area contributed by atoms with Crippen LogP contribution in [0.2, 0.25) is 0 Å². The molecule has 1 fully saturated rings. The molecule has 1 saturated carbocycles. The smallest absolute Gasteiger partial charge is 0.0438 e. The van der Waals surface area contributed by atoms with Gasteiger partial charge in [-0.2, -0.15) is 0 Å². The van der Waals surface area contributed by atoms with Gasteiger partial charge >= 0.3 is 0 Å². The van der Waals surface area contributed by atoms with E-state index in [1.807, 2.05) is 11.3 Å². The molecule has 17 heavy (non-hydrogen) atoms. The van der Waals surface area contributed by atoms with Crippen LogP contribution >= 0.6 is 11.3 Å². The van der Waals surface area contributed by atoms with Crippen molar-refractivity contribution in [3.05, 3.63) is 22.4 Å². The summed E-state index contributed by atoms with van der Waals surface area (Å²) in [6.45, 7) is 8.22. The van der Waals surface area contributed by atoms with Crippen LogP contribution in [0, 0.1) is 17.8 Å². The molecule has 3 atom stereocenters. The second kappa shape index (κ2) is 6.01. The summed E-state index contributed by atoms with van der Waals surface area (Å²) in [5, 5.41) is 5.98. The van der Waals surface area contributed by atoms with Crippen molar-refractivity contribution in [3.63, 3.8) is 0 Å². The molecule has 96 valence electrons. The van der Waals surface area contributed by atoms with Gasteiger partial charge in [0.1, 0.15) is 0 Å². The minimum atomic E-state index is 0.547. The minimum absolute atomic E-state index is 0.547. The second-order valence-electron chi connectivity index (χ2n) is 5.93. The van der Waals surface area contributed by atoms with Gasteiger partial charge in [-0.05, 0) is 48.6 Å². The molecule has 0 aromatic carbocycles. The number of rotatable bonds is 5. The average molecular weight is 251 g/mol. The zero-order valence-electron chi connectivity index (χ0n) is 11.3. The molecule has 0 amide bonds. The van der Waals surface area contributed by atoms with Crippen LogP contribution in [0.5, 0.6) is 0 Å². The summed E-state index contributed by atoms with van der Waals surface area (Å²) in [7, 11) is 0. The number of nitrogens with one attached hydrogen (secondary N) is 1. The van der Waals surface area contributed by atoms with Crippen molar-refractivity contribution in [2.75, 3.05) is 6.54 Å². The molecule has 2 heteroatoms. The molecule has 0 aliphatic heterocycles. The van der Waals surface area contributed by atoms with Crippen LogP contribution in [-0.4, -0.2) is 6.54 Å². The van der Waals surface area contributed by atoms with Gasteiger partial charge in [0.05, 0.1) is 0 Å². The molecular weight excluding hydrogens is 226 g/mol. The summed E-state index contributed by atoms with van der Waals surface area (Å²) in [6.07, 6.45) is 4.27. The Labute approximate surface area is 110 Å². The molecule has 0 saturated heterocycles. The third-order valence-electron chi connectivity index (χ3n) is 3.95. The van der Waals surface area contributed by atoms with E-state index in [1.54, 1.807) is 0 Å². The van der Waals surface area contributed by atoms with Crippen molar-refractivity contribution in [2.24, 2.45) is 17.8 Å². The lowest BCUT2D eigenvalue weighted by molar-refractivity contribution is 0.371. The lowest BCUT2D eigenvalue weighted by Gasteiger charge is -2.23. The van der Waals surface area contributed by atoms with E-state index in [9.17, 15) is 0 Å². The van der Waals surface area contributed by atoms with Crippen LogP contribution in [0.25, 0.3) is 0 Å². The molecular formula is C15H25NS. The predicted molar refractivity (Wildman–Crippen MR) is 76.4 cm³/mol. The highest BCUT2D eigenvalue weighted by molar-refractivity contribution is 7.10. The van der Waals surface area contributed by atoms with Crippen molar-refractivity contribution >= 4 is 11.3 Å².